The topological polar surface area (TPSA) is 52.0 Å². The smallest absolute Gasteiger partial charge is 0.282 e. The van der Waals surface area contributed by atoms with Crippen molar-refractivity contribution in [2.24, 2.45) is 0 Å². The number of halogens is 2. The van der Waals surface area contributed by atoms with E-state index < -0.39 is 5.82 Å². The highest BCUT2D eigenvalue weighted by Gasteiger charge is 2.23. The molecule has 0 radical (unpaired) electrons. The molecule has 0 saturated carbocycles. The summed E-state index contributed by atoms with van der Waals surface area (Å²) in [6, 6.07) is 9.20. The highest BCUT2D eigenvalue weighted by atomic mass is 35.5. The van der Waals surface area contributed by atoms with Crippen molar-refractivity contribution in [3.63, 3.8) is 0 Å². The number of amides is 1. The van der Waals surface area contributed by atoms with Gasteiger partial charge in [-0.05, 0) is 43.3 Å². The molecule has 1 unspecified atom stereocenters. The maximum absolute atomic E-state index is 13.1. The Kier molecular flexibility index (Phi) is 6.83. The van der Waals surface area contributed by atoms with Gasteiger partial charge in [0.2, 0.25) is 0 Å². The molecule has 2 aromatic rings. The van der Waals surface area contributed by atoms with E-state index in [0.29, 0.717) is 23.7 Å². The van der Waals surface area contributed by atoms with E-state index in [-0.39, 0.29) is 17.0 Å². The van der Waals surface area contributed by atoms with Gasteiger partial charge in [0.15, 0.2) is 17.5 Å². The lowest BCUT2D eigenvalue weighted by atomic mass is 10.1. The molecule has 0 spiro atoms. The summed E-state index contributed by atoms with van der Waals surface area (Å²) in [5.74, 6) is 0.660. The molecular weight excluding hydrogens is 359 g/mol. The Labute approximate surface area is 157 Å². The molecule has 2 atom stereocenters. The third-order valence-corrected chi connectivity index (χ3v) is 4.57. The Bertz CT molecular complexity index is 785. The Balaban J connectivity index is 2.04. The zero-order valence-corrected chi connectivity index (χ0v) is 16.0. The Morgan fingerprint density at radius 3 is 2.50 bits per heavy atom. The van der Waals surface area contributed by atoms with Crippen molar-refractivity contribution in [3.8, 4) is 11.5 Å². The summed E-state index contributed by atoms with van der Waals surface area (Å²) in [7, 11) is 5.09. The van der Waals surface area contributed by atoms with Gasteiger partial charge in [0.05, 0.1) is 32.0 Å². The molecule has 0 aromatic heterocycles. The Morgan fingerprint density at radius 1 is 1.19 bits per heavy atom. The van der Waals surface area contributed by atoms with E-state index in [2.05, 4.69) is 5.32 Å². The van der Waals surface area contributed by atoms with Crippen molar-refractivity contribution in [1.29, 1.82) is 0 Å². The molecule has 0 aliphatic heterocycles. The van der Waals surface area contributed by atoms with Gasteiger partial charge in [-0.2, -0.15) is 0 Å². The Morgan fingerprint density at radius 2 is 1.88 bits per heavy atom. The molecule has 0 heterocycles. The van der Waals surface area contributed by atoms with Gasteiger partial charge >= 0.3 is 0 Å². The normalized spacial score (nSPS) is 13.0. The second-order valence-corrected chi connectivity index (χ2v) is 6.45. The van der Waals surface area contributed by atoms with Crippen LogP contribution in [0.25, 0.3) is 0 Å². The maximum atomic E-state index is 13.1. The van der Waals surface area contributed by atoms with Crippen LogP contribution in [0, 0.1) is 5.82 Å². The van der Waals surface area contributed by atoms with Crippen LogP contribution in [0.2, 0.25) is 5.02 Å². The standard InChI is InChI=1S/C19H22ClFN2O3/c1-12(19(24)22-16-7-6-14(21)10-15(16)20)23(2)11-13-5-8-17(25-3)18(9-13)26-4/h5-10,12H,11H2,1-4H3,(H,22,24)/p+1/t12-/m0/s1. The van der Waals surface area contributed by atoms with Crippen LogP contribution in [-0.4, -0.2) is 33.2 Å². The molecule has 2 N–H and O–H groups in total. The molecule has 2 rings (SSSR count). The predicted octanol–water partition coefficient (Wildman–Crippen LogP) is 2.54. The van der Waals surface area contributed by atoms with Gasteiger partial charge in [0.1, 0.15) is 12.4 Å². The fourth-order valence-corrected chi connectivity index (χ4v) is 2.74. The van der Waals surface area contributed by atoms with Crippen LogP contribution >= 0.6 is 11.6 Å². The molecule has 5 nitrogen and oxygen atoms in total. The van der Waals surface area contributed by atoms with E-state index in [1.54, 1.807) is 14.2 Å². The fraction of sp³-hybridized carbons (Fsp3) is 0.316. The lowest BCUT2D eigenvalue weighted by molar-refractivity contribution is -0.907. The molecule has 1 amide bonds. The number of carbonyl (C=O) groups excluding carboxylic acids is 1. The number of likely N-dealkylation sites (N-methyl/N-ethyl adjacent to an activating group) is 1. The van der Waals surface area contributed by atoms with Crippen molar-refractivity contribution in [2.75, 3.05) is 26.6 Å². The number of hydrogen-bond donors (Lipinski definition) is 2. The number of nitrogens with one attached hydrogen (secondary N) is 2. The molecular formula is C19H23ClFN2O3+. The maximum Gasteiger partial charge on any atom is 0.282 e. The van der Waals surface area contributed by atoms with E-state index >= 15 is 0 Å². The number of rotatable bonds is 7. The first-order valence-corrected chi connectivity index (χ1v) is 8.52. The fourth-order valence-electron chi connectivity index (χ4n) is 2.52. The average molecular weight is 382 g/mol. The largest absolute Gasteiger partial charge is 0.493 e. The van der Waals surface area contributed by atoms with Crippen LogP contribution in [0.5, 0.6) is 11.5 Å². The summed E-state index contributed by atoms with van der Waals surface area (Å²) in [4.78, 5) is 13.5. The summed E-state index contributed by atoms with van der Waals surface area (Å²) in [5, 5.41) is 2.91. The van der Waals surface area contributed by atoms with E-state index in [0.717, 1.165) is 10.5 Å². The van der Waals surface area contributed by atoms with Crippen LogP contribution in [0.15, 0.2) is 36.4 Å². The SMILES string of the molecule is COc1ccc(C[NH+](C)[C@@H](C)C(=O)Nc2ccc(F)cc2Cl)cc1OC. The first-order valence-electron chi connectivity index (χ1n) is 8.14. The first-order chi connectivity index (χ1) is 12.3. The van der Waals surface area contributed by atoms with Crippen molar-refractivity contribution in [2.45, 2.75) is 19.5 Å². The highest BCUT2D eigenvalue weighted by Crippen LogP contribution is 2.27. The molecule has 0 bridgehead atoms. The van der Waals surface area contributed by atoms with E-state index in [1.165, 1.54) is 18.2 Å². The van der Waals surface area contributed by atoms with Crippen LogP contribution in [0.1, 0.15) is 12.5 Å². The molecule has 0 aliphatic carbocycles. The quantitative estimate of drug-likeness (QED) is 0.775. The first kappa shape index (κ1) is 20.0. The minimum atomic E-state index is -0.447. The number of methoxy groups -OCH3 is 2. The lowest BCUT2D eigenvalue weighted by Crippen LogP contribution is -3.12. The zero-order valence-electron chi connectivity index (χ0n) is 15.2. The second kappa shape index (κ2) is 8.87. The van der Waals surface area contributed by atoms with Crippen LogP contribution < -0.4 is 19.7 Å². The molecule has 26 heavy (non-hydrogen) atoms. The van der Waals surface area contributed by atoms with Crippen molar-refractivity contribution < 1.29 is 23.6 Å². The van der Waals surface area contributed by atoms with Crippen LogP contribution in [0.4, 0.5) is 10.1 Å². The van der Waals surface area contributed by atoms with Gasteiger partial charge in [0.25, 0.3) is 5.91 Å². The second-order valence-electron chi connectivity index (χ2n) is 6.05. The van der Waals surface area contributed by atoms with E-state index in [1.807, 2.05) is 32.2 Å². The summed E-state index contributed by atoms with van der Waals surface area (Å²) >= 11 is 5.96. The number of hydrogen-bond acceptors (Lipinski definition) is 3. The minimum Gasteiger partial charge on any atom is -0.493 e. The number of ether oxygens (including phenoxy) is 2. The molecule has 0 aliphatic rings. The summed E-state index contributed by atoms with van der Waals surface area (Å²) in [6.07, 6.45) is 0. The molecule has 0 fully saturated rings. The van der Waals surface area contributed by atoms with Crippen LogP contribution in [0.3, 0.4) is 0 Å². The van der Waals surface area contributed by atoms with Gasteiger partial charge in [0, 0.05) is 5.56 Å². The van der Waals surface area contributed by atoms with Crippen molar-refractivity contribution in [1.82, 2.24) is 0 Å². The number of quaternary nitrogens is 1. The monoisotopic (exact) mass is 381 g/mol. The Hall–Kier alpha value is -2.31. The number of benzene rings is 2. The van der Waals surface area contributed by atoms with Gasteiger partial charge in [-0.3, -0.25) is 4.79 Å². The average Bonchev–Trinajstić information content (AvgIpc) is 2.63. The van der Waals surface area contributed by atoms with Gasteiger partial charge in [-0.1, -0.05) is 11.6 Å². The third kappa shape index (κ3) is 4.86. The van der Waals surface area contributed by atoms with Gasteiger partial charge in [-0.15, -0.1) is 0 Å². The summed E-state index contributed by atoms with van der Waals surface area (Å²) < 4.78 is 23.7. The highest BCUT2D eigenvalue weighted by molar-refractivity contribution is 6.33. The predicted molar refractivity (Wildman–Crippen MR) is 99.6 cm³/mol. The van der Waals surface area contributed by atoms with Crippen molar-refractivity contribution >= 4 is 23.2 Å². The molecule has 2 aromatic carbocycles. The lowest BCUT2D eigenvalue weighted by Gasteiger charge is -2.22. The molecule has 140 valence electrons. The summed E-state index contributed by atoms with van der Waals surface area (Å²) in [6.45, 7) is 2.44. The zero-order chi connectivity index (χ0) is 19.3. The summed E-state index contributed by atoms with van der Waals surface area (Å²) in [5.41, 5.74) is 1.41. The van der Waals surface area contributed by atoms with E-state index in [4.69, 9.17) is 21.1 Å². The minimum absolute atomic E-state index is 0.170. The van der Waals surface area contributed by atoms with E-state index in [9.17, 15) is 9.18 Å². The number of anilines is 1. The van der Waals surface area contributed by atoms with Gasteiger partial charge in [-0.25, -0.2) is 4.39 Å². The van der Waals surface area contributed by atoms with Crippen molar-refractivity contribution in [3.05, 3.63) is 52.8 Å². The van der Waals surface area contributed by atoms with Gasteiger partial charge < -0.3 is 19.7 Å². The van der Waals surface area contributed by atoms with Crippen LogP contribution in [-0.2, 0) is 11.3 Å². The number of carbonyl (C=O) groups is 1. The molecule has 7 heteroatoms. The third-order valence-electron chi connectivity index (χ3n) is 4.25. The molecule has 0 saturated heterocycles.